The lowest BCUT2D eigenvalue weighted by atomic mass is 9.82. The molecule has 0 fully saturated rings. The van der Waals surface area contributed by atoms with Gasteiger partial charge in [-0.25, -0.2) is 0 Å². The average molecular weight is 270 g/mol. The van der Waals surface area contributed by atoms with Gasteiger partial charge in [-0.15, -0.1) is 0 Å². The van der Waals surface area contributed by atoms with Crippen molar-refractivity contribution in [3.05, 3.63) is 48.0 Å². The van der Waals surface area contributed by atoms with Crippen LogP contribution in [-0.4, -0.2) is 5.11 Å². The Morgan fingerprint density at radius 3 is 2.35 bits per heavy atom. The van der Waals surface area contributed by atoms with Gasteiger partial charge in [-0.1, -0.05) is 70.2 Å². The van der Waals surface area contributed by atoms with Crippen molar-refractivity contribution < 1.29 is 5.11 Å². The molecule has 0 aromatic heterocycles. The zero-order valence-corrected chi connectivity index (χ0v) is 13.1. The first-order valence-corrected chi connectivity index (χ1v) is 7.52. The summed E-state index contributed by atoms with van der Waals surface area (Å²) < 4.78 is 0. The summed E-state index contributed by atoms with van der Waals surface area (Å²) >= 11 is 0. The minimum absolute atomic E-state index is 0.317. The first-order chi connectivity index (χ1) is 9.37. The number of aliphatic hydroxyl groups is 1. The van der Waals surface area contributed by atoms with E-state index in [9.17, 15) is 5.11 Å². The van der Waals surface area contributed by atoms with E-state index in [1.54, 1.807) is 0 Å². The van der Waals surface area contributed by atoms with Crippen molar-refractivity contribution in [1.82, 2.24) is 0 Å². The minimum atomic E-state index is -0.376. The number of hydrogen-bond donors (Lipinski definition) is 1. The van der Waals surface area contributed by atoms with Crippen LogP contribution in [0.25, 0.3) is 10.8 Å². The highest BCUT2D eigenvalue weighted by Gasteiger charge is 2.19. The molecule has 0 amide bonds. The van der Waals surface area contributed by atoms with Crippen molar-refractivity contribution in [2.24, 2.45) is 11.3 Å². The van der Waals surface area contributed by atoms with Crippen LogP contribution >= 0.6 is 0 Å². The second-order valence-electron chi connectivity index (χ2n) is 7.19. The third-order valence-corrected chi connectivity index (χ3v) is 3.77. The molecule has 2 aromatic carbocycles. The van der Waals surface area contributed by atoms with Gasteiger partial charge >= 0.3 is 0 Å². The van der Waals surface area contributed by atoms with E-state index in [0.29, 0.717) is 11.3 Å². The number of hydrogen-bond acceptors (Lipinski definition) is 1. The summed E-state index contributed by atoms with van der Waals surface area (Å²) in [6, 6.07) is 14.5. The smallest absolute Gasteiger partial charge is 0.0798 e. The molecule has 0 aliphatic rings. The highest BCUT2D eigenvalue weighted by molar-refractivity contribution is 5.85. The Morgan fingerprint density at radius 1 is 1.00 bits per heavy atom. The van der Waals surface area contributed by atoms with Gasteiger partial charge in [-0.2, -0.15) is 0 Å². The van der Waals surface area contributed by atoms with Crippen LogP contribution in [0.4, 0.5) is 0 Å². The second-order valence-corrected chi connectivity index (χ2v) is 7.19. The summed E-state index contributed by atoms with van der Waals surface area (Å²) in [5.74, 6) is 0.518. The Hall–Kier alpha value is -1.34. The second kappa shape index (κ2) is 5.97. The van der Waals surface area contributed by atoms with Crippen molar-refractivity contribution in [2.45, 2.75) is 46.6 Å². The topological polar surface area (TPSA) is 20.2 Å². The van der Waals surface area contributed by atoms with Gasteiger partial charge in [0.05, 0.1) is 6.10 Å². The highest BCUT2D eigenvalue weighted by atomic mass is 16.3. The first-order valence-electron chi connectivity index (χ1n) is 7.52. The molecule has 0 radical (unpaired) electrons. The summed E-state index contributed by atoms with van der Waals surface area (Å²) in [7, 11) is 0. The lowest BCUT2D eigenvalue weighted by Gasteiger charge is -2.25. The van der Waals surface area contributed by atoms with E-state index in [4.69, 9.17) is 0 Å². The van der Waals surface area contributed by atoms with Crippen molar-refractivity contribution in [3.8, 4) is 0 Å². The highest BCUT2D eigenvalue weighted by Crippen LogP contribution is 2.32. The van der Waals surface area contributed by atoms with E-state index >= 15 is 0 Å². The van der Waals surface area contributed by atoms with Gasteiger partial charge in [0.1, 0.15) is 0 Å². The predicted molar refractivity (Wildman–Crippen MR) is 86.8 cm³/mol. The Labute approximate surface area is 122 Å². The van der Waals surface area contributed by atoms with E-state index in [0.717, 1.165) is 18.4 Å². The van der Waals surface area contributed by atoms with Gasteiger partial charge in [0, 0.05) is 0 Å². The third kappa shape index (κ3) is 3.83. The molecule has 0 bridgehead atoms. The summed E-state index contributed by atoms with van der Waals surface area (Å²) in [6.07, 6.45) is 1.58. The number of rotatable bonds is 4. The molecule has 0 spiro atoms. The van der Waals surface area contributed by atoms with Crippen molar-refractivity contribution >= 4 is 10.8 Å². The van der Waals surface area contributed by atoms with E-state index < -0.39 is 0 Å². The first kappa shape index (κ1) is 15.1. The standard InChI is InChI=1S/C19H26O/c1-14(13-19(2,3)4)12-18(20)17-11-7-9-15-8-5-6-10-16(15)17/h5-11,14,18,20H,12-13H2,1-4H3. The van der Waals surface area contributed by atoms with Crippen molar-refractivity contribution in [1.29, 1.82) is 0 Å². The molecule has 2 atom stereocenters. The van der Waals surface area contributed by atoms with Crippen LogP contribution in [0.3, 0.4) is 0 Å². The Bertz CT molecular complexity index is 560. The molecule has 2 unspecified atom stereocenters. The number of aliphatic hydroxyl groups excluding tert-OH is 1. The molecule has 0 aliphatic carbocycles. The predicted octanol–water partition coefficient (Wildman–Crippen LogP) is 5.34. The Kier molecular flexibility index (Phi) is 4.49. The third-order valence-electron chi connectivity index (χ3n) is 3.77. The molecule has 108 valence electrons. The number of benzene rings is 2. The largest absolute Gasteiger partial charge is 0.388 e. The van der Waals surface area contributed by atoms with Gasteiger partial charge in [0.2, 0.25) is 0 Å². The lowest BCUT2D eigenvalue weighted by Crippen LogP contribution is -2.13. The van der Waals surface area contributed by atoms with Crippen LogP contribution in [0.5, 0.6) is 0 Å². The maximum atomic E-state index is 10.6. The number of fused-ring (bicyclic) bond motifs is 1. The molecule has 2 rings (SSSR count). The fourth-order valence-corrected chi connectivity index (χ4v) is 3.18. The van der Waals surface area contributed by atoms with E-state index in [-0.39, 0.29) is 6.10 Å². The molecule has 1 nitrogen and oxygen atoms in total. The van der Waals surface area contributed by atoms with Crippen LogP contribution in [-0.2, 0) is 0 Å². The summed E-state index contributed by atoms with van der Waals surface area (Å²) in [6.45, 7) is 9.01. The van der Waals surface area contributed by atoms with Gasteiger partial charge in [-0.3, -0.25) is 0 Å². The van der Waals surface area contributed by atoms with Gasteiger partial charge in [0.15, 0.2) is 0 Å². The Morgan fingerprint density at radius 2 is 1.65 bits per heavy atom. The minimum Gasteiger partial charge on any atom is -0.388 e. The molecular formula is C19H26O. The lowest BCUT2D eigenvalue weighted by molar-refractivity contribution is 0.135. The van der Waals surface area contributed by atoms with Crippen LogP contribution in [0.1, 0.15) is 52.2 Å². The van der Waals surface area contributed by atoms with E-state index in [1.807, 2.05) is 18.2 Å². The van der Waals surface area contributed by atoms with Gasteiger partial charge < -0.3 is 5.11 Å². The van der Waals surface area contributed by atoms with Crippen LogP contribution < -0.4 is 0 Å². The monoisotopic (exact) mass is 270 g/mol. The maximum absolute atomic E-state index is 10.6. The molecule has 0 saturated carbocycles. The fourth-order valence-electron chi connectivity index (χ4n) is 3.18. The summed E-state index contributed by atoms with van der Waals surface area (Å²) in [5.41, 5.74) is 1.38. The molecular weight excluding hydrogens is 244 g/mol. The maximum Gasteiger partial charge on any atom is 0.0798 e. The van der Waals surface area contributed by atoms with E-state index in [1.165, 1.54) is 10.8 Å². The summed E-state index contributed by atoms with van der Waals surface area (Å²) in [5, 5.41) is 13.0. The summed E-state index contributed by atoms with van der Waals surface area (Å²) in [4.78, 5) is 0. The molecule has 0 heterocycles. The van der Waals surface area contributed by atoms with Crippen LogP contribution in [0.2, 0.25) is 0 Å². The Balaban J connectivity index is 2.17. The van der Waals surface area contributed by atoms with Crippen LogP contribution in [0, 0.1) is 11.3 Å². The molecule has 2 aromatic rings. The van der Waals surface area contributed by atoms with Gasteiger partial charge in [-0.05, 0) is 40.5 Å². The molecule has 1 heteroatoms. The molecule has 20 heavy (non-hydrogen) atoms. The molecule has 0 aliphatic heterocycles. The average Bonchev–Trinajstić information content (AvgIpc) is 2.35. The van der Waals surface area contributed by atoms with Crippen molar-refractivity contribution in [3.63, 3.8) is 0 Å². The van der Waals surface area contributed by atoms with E-state index in [2.05, 4.69) is 52.0 Å². The zero-order valence-electron chi connectivity index (χ0n) is 13.1. The normalized spacial score (nSPS) is 15.2. The zero-order chi connectivity index (χ0) is 14.8. The fraction of sp³-hybridized carbons (Fsp3) is 0.474. The van der Waals surface area contributed by atoms with Crippen LogP contribution in [0.15, 0.2) is 42.5 Å². The van der Waals surface area contributed by atoms with Crippen molar-refractivity contribution in [2.75, 3.05) is 0 Å². The molecule has 1 N–H and O–H groups in total. The SMILES string of the molecule is CC(CC(O)c1cccc2ccccc12)CC(C)(C)C. The molecule has 0 saturated heterocycles. The van der Waals surface area contributed by atoms with Gasteiger partial charge in [0.25, 0.3) is 0 Å². The quantitative estimate of drug-likeness (QED) is 0.795.